The van der Waals surface area contributed by atoms with Crippen molar-refractivity contribution in [2.45, 2.75) is 5.16 Å². The van der Waals surface area contributed by atoms with Gasteiger partial charge in [0.2, 0.25) is 5.91 Å². The molecule has 0 spiro atoms. The number of para-hydroxylation sites is 1. The first-order valence-electron chi connectivity index (χ1n) is 10.0. The van der Waals surface area contributed by atoms with Gasteiger partial charge in [0, 0.05) is 29.6 Å². The molecule has 0 bridgehead atoms. The number of halogens is 1. The molecule has 0 aliphatic heterocycles. The summed E-state index contributed by atoms with van der Waals surface area (Å²) in [7, 11) is 3.08. The Hall–Kier alpha value is -3.85. The third kappa shape index (κ3) is 5.15. The number of nitrogens with one attached hydrogen (secondary N) is 1. The lowest BCUT2D eigenvalue weighted by Gasteiger charge is -2.11. The molecule has 0 saturated heterocycles. The molecule has 0 saturated carbocycles. The summed E-state index contributed by atoms with van der Waals surface area (Å²) in [5, 5.41) is 11.8. The highest BCUT2D eigenvalue weighted by Gasteiger charge is 2.19. The predicted octanol–water partition coefficient (Wildman–Crippen LogP) is 4.82. The van der Waals surface area contributed by atoms with E-state index in [1.807, 2.05) is 30.3 Å². The standard InChI is InChI=1S/C24H21FN4O3S/c1-31-18-12-16(13-19(14-18)32-2)26-22(30)15-33-24-28-27-23(20-10-6-7-11-21(20)25)29(24)17-8-4-3-5-9-17/h3-14H,15H2,1-2H3,(H,26,30). The first-order valence-corrected chi connectivity index (χ1v) is 11.0. The second kappa shape index (κ2) is 10.2. The van der Waals surface area contributed by atoms with Gasteiger partial charge in [-0.15, -0.1) is 10.2 Å². The molecule has 9 heteroatoms. The fourth-order valence-corrected chi connectivity index (χ4v) is 3.95. The molecule has 1 N–H and O–H groups in total. The number of hydrogen-bond donors (Lipinski definition) is 1. The van der Waals surface area contributed by atoms with Crippen LogP contribution < -0.4 is 14.8 Å². The minimum absolute atomic E-state index is 0.0712. The number of methoxy groups -OCH3 is 2. The number of rotatable bonds is 8. The highest BCUT2D eigenvalue weighted by molar-refractivity contribution is 7.99. The minimum atomic E-state index is -0.400. The average molecular weight is 465 g/mol. The molecule has 0 aliphatic carbocycles. The van der Waals surface area contributed by atoms with Crippen LogP contribution in [0.25, 0.3) is 17.1 Å². The molecule has 0 aliphatic rings. The van der Waals surface area contributed by atoms with Crippen molar-refractivity contribution >= 4 is 23.4 Å². The van der Waals surface area contributed by atoms with Gasteiger partial charge in [-0.25, -0.2) is 4.39 Å². The van der Waals surface area contributed by atoms with Gasteiger partial charge in [0.05, 0.1) is 25.5 Å². The van der Waals surface area contributed by atoms with E-state index in [1.54, 1.807) is 55.2 Å². The number of amides is 1. The van der Waals surface area contributed by atoms with Crippen LogP contribution in [0.2, 0.25) is 0 Å². The fraction of sp³-hybridized carbons (Fsp3) is 0.125. The molecule has 7 nitrogen and oxygen atoms in total. The number of carbonyl (C=O) groups is 1. The number of hydrogen-bond acceptors (Lipinski definition) is 6. The second-order valence-electron chi connectivity index (χ2n) is 6.90. The number of thioether (sulfide) groups is 1. The lowest BCUT2D eigenvalue weighted by atomic mass is 10.2. The highest BCUT2D eigenvalue weighted by Crippen LogP contribution is 2.30. The van der Waals surface area contributed by atoms with Crippen LogP contribution in [0.3, 0.4) is 0 Å². The van der Waals surface area contributed by atoms with Crippen LogP contribution in [0, 0.1) is 5.82 Å². The summed E-state index contributed by atoms with van der Waals surface area (Å²) in [5.74, 6) is 0.918. The van der Waals surface area contributed by atoms with Crippen molar-refractivity contribution in [3.63, 3.8) is 0 Å². The van der Waals surface area contributed by atoms with Gasteiger partial charge in [-0.1, -0.05) is 42.1 Å². The maximum absolute atomic E-state index is 14.5. The number of benzene rings is 3. The van der Waals surface area contributed by atoms with Crippen molar-refractivity contribution in [3.8, 4) is 28.6 Å². The number of ether oxygens (including phenoxy) is 2. The Labute approximate surface area is 194 Å². The predicted molar refractivity (Wildman–Crippen MR) is 126 cm³/mol. The molecular formula is C24H21FN4O3S. The minimum Gasteiger partial charge on any atom is -0.497 e. The fourth-order valence-electron chi connectivity index (χ4n) is 3.20. The van der Waals surface area contributed by atoms with Crippen molar-refractivity contribution in [3.05, 3.63) is 78.6 Å². The van der Waals surface area contributed by atoms with Crippen LogP contribution in [0.1, 0.15) is 0 Å². The topological polar surface area (TPSA) is 78.3 Å². The van der Waals surface area contributed by atoms with Crippen LogP contribution in [-0.2, 0) is 4.79 Å². The smallest absolute Gasteiger partial charge is 0.234 e. The number of anilines is 1. The molecular weight excluding hydrogens is 443 g/mol. The summed E-state index contributed by atoms with van der Waals surface area (Å²) in [5.41, 5.74) is 1.64. The molecule has 1 aromatic heterocycles. The zero-order valence-corrected chi connectivity index (χ0v) is 18.8. The first-order chi connectivity index (χ1) is 16.1. The Morgan fingerprint density at radius 3 is 2.30 bits per heavy atom. The third-order valence-corrected chi connectivity index (χ3v) is 5.66. The number of carbonyl (C=O) groups excluding carboxylic acids is 1. The third-order valence-electron chi connectivity index (χ3n) is 4.73. The maximum Gasteiger partial charge on any atom is 0.234 e. The Kier molecular flexibility index (Phi) is 6.89. The summed E-state index contributed by atoms with van der Waals surface area (Å²) >= 11 is 1.20. The lowest BCUT2D eigenvalue weighted by molar-refractivity contribution is -0.113. The van der Waals surface area contributed by atoms with Crippen molar-refractivity contribution in [2.24, 2.45) is 0 Å². The lowest BCUT2D eigenvalue weighted by Crippen LogP contribution is -2.14. The van der Waals surface area contributed by atoms with E-state index >= 15 is 0 Å². The molecule has 168 valence electrons. The van der Waals surface area contributed by atoms with Crippen LogP contribution in [0.5, 0.6) is 11.5 Å². The number of aromatic nitrogens is 3. The molecule has 0 radical (unpaired) electrons. The SMILES string of the molecule is COc1cc(NC(=O)CSc2nnc(-c3ccccc3F)n2-c2ccccc2)cc(OC)c1. The Bertz CT molecular complexity index is 1240. The quantitative estimate of drug-likeness (QED) is 0.377. The molecule has 4 aromatic rings. The van der Waals surface area contributed by atoms with E-state index in [9.17, 15) is 9.18 Å². The van der Waals surface area contributed by atoms with Gasteiger partial charge in [-0.05, 0) is 24.3 Å². The van der Waals surface area contributed by atoms with Crippen molar-refractivity contribution in [2.75, 3.05) is 25.3 Å². The van der Waals surface area contributed by atoms with E-state index < -0.39 is 5.82 Å². The molecule has 0 unspecified atom stereocenters. The Morgan fingerprint density at radius 2 is 1.64 bits per heavy atom. The van der Waals surface area contributed by atoms with Gasteiger partial charge in [0.15, 0.2) is 11.0 Å². The maximum atomic E-state index is 14.5. The van der Waals surface area contributed by atoms with Crippen LogP contribution in [0.4, 0.5) is 10.1 Å². The van der Waals surface area contributed by atoms with Crippen molar-refractivity contribution in [1.82, 2.24) is 14.8 Å². The molecule has 1 heterocycles. The van der Waals surface area contributed by atoms with Gasteiger partial charge in [0.1, 0.15) is 17.3 Å². The molecule has 3 aromatic carbocycles. The van der Waals surface area contributed by atoms with Gasteiger partial charge >= 0.3 is 0 Å². The molecule has 0 atom stereocenters. The van der Waals surface area contributed by atoms with E-state index in [1.165, 1.54) is 17.8 Å². The highest BCUT2D eigenvalue weighted by atomic mass is 32.2. The van der Waals surface area contributed by atoms with Gasteiger partial charge in [-0.2, -0.15) is 0 Å². The monoisotopic (exact) mass is 464 g/mol. The zero-order chi connectivity index (χ0) is 23.2. The van der Waals surface area contributed by atoms with Crippen molar-refractivity contribution in [1.29, 1.82) is 0 Å². The summed E-state index contributed by atoms with van der Waals surface area (Å²) in [6.45, 7) is 0. The average Bonchev–Trinajstić information content (AvgIpc) is 3.27. The Balaban J connectivity index is 1.58. The largest absolute Gasteiger partial charge is 0.497 e. The number of nitrogens with zero attached hydrogens (tertiary/aromatic N) is 3. The van der Waals surface area contributed by atoms with Gasteiger partial charge in [0.25, 0.3) is 0 Å². The van der Waals surface area contributed by atoms with E-state index in [4.69, 9.17) is 9.47 Å². The van der Waals surface area contributed by atoms with E-state index in [2.05, 4.69) is 15.5 Å². The van der Waals surface area contributed by atoms with Gasteiger partial charge < -0.3 is 14.8 Å². The summed E-state index contributed by atoms with van der Waals surface area (Å²) in [6, 6.07) is 20.9. The molecule has 0 fully saturated rings. The summed E-state index contributed by atoms with van der Waals surface area (Å²) in [6.07, 6.45) is 0. The molecule has 1 amide bonds. The van der Waals surface area contributed by atoms with E-state index in [0.29, 0.717) is 33.7 Å². The molecule has 33 heavy (non-hydrogen) atoms. The van der Waals surface area contributed by atoms with Gasteiger partial charge in [-0.3, -0.25) is 9.36 Å². The zero-order valence-electron chi connectivity index (χ0n) is 18.0. The summed E-state index contributed by atoms with van der Waals surface area (Å²) in [4.78, 5) is 12.6. The first kappa shape index (κ1) is 22.3. The Morgan fingerprint density at radius 1 is 0.970 bits per heavy atom. The second-order valence-corrected chi connectivity index (χ2v) is 7.84. The summed E-state index contributed by atoms with van der Waals surface area (Å²) < 4.78 is 26.7. The van der Waals surface area contributed by atoms with E-state index in [0.717, 1.165) is 5.69 Å². The molecule has 4 rings (SSSR count). The van der Waals surface area contributed by atoms with Crippen LogP contribution in [-0.4, -0.2) is 40.6 Å². The van der Waals surface area contributed by atoms with Crippen LogP contribution >= 0.6 is 11.8 Å². The normalized spacial score (nSPS) is 10.6. The van der Waals surface area contributed by atoms with Crippen LogP contribution in [0.15, 0.2) is 78.0 Å². The van der Waals surface area contributed by atoms with Crippen molar-refractivity contribution < 1.29 is 18.7 Å². The van der Waals surface area contributed by atoms with E-state index in [-0.39, 0.29) is 11.7 Å².